The Morgan fingerprint density at radius 3 is 2.93 bits per heavy atom. The number of nitrogens with one attached hydrogen (secondary N) is 2. The van der Waals surface area contributed by atoms with Crippen LogP contribution in [-0.2, 0) is 16.1 Å². The van der Waals surface area contributed by atoms with Gasteiger partial charge in [-0.3, -0.25) is 4.98 Å². The summed E-state index contributed by atoms with van der Waals surface area (Å²) in [5, 5.41) is 6.88. The molecule has 1 aliphatic rings. The van der Waals surface area contributed by atoms with Gasteiger partial charge in [-0.1, -0.05) is 0 Å². The first kappa shape index (κ1) is 19.7. The van der Waals surface area contributed by atoms with Crippen molar-refractivity contribution in [3.63, 3.8) is 0 Å². The number of fused-ring (bicyclic) bond motifs is 1. The molecular weight excluding hydrogens is 390 g/mol. The lowest BCUT2D eigenvalue weighted by Crippen LogP contribution is -2.30. The average molecular weight is 414 g/mol. The van der Waals surface area contributed by atoms with Crippen molar-refractivity contribution in [3.05, 3.63) is 36.2 Å². The molecule has 3 heterocycles. The molecule has 1 aliphatic carbocycles. The van der Waals surface area contributed by atoms with Crippen LogP contribution in [0.4, 0.5) is 5.82 Å². The molecule has 152 valence electrons. The summed E-state index contributed by atoms with van der Waals surface area (Å²) in [6.07, 6.45) is 4.22. The molecule has 0 aromatic carbocycles. The normalized spacial score (nSPS) is 13.6. The van der Waals surface area contributed by atoms with Gasteiger partial charge in [0.05, 0.1) is 6.20 Å². The molecule has 0 radical (unpaired) electrons. The maximum absolute atomic E-state index is 5.80. The minimum Gasteiger partial charge on any atom is -0.457 e. The number of aromatic nitrogens is 3. The first-order chi connectivity index (χ1) is 14.2. The molecule has 0 spiro atoms. The highest BCUT2D eigenvalue weighted by Gasteiger charge is 2.21. The fourth-order valence-corrected chi connectivity index (χ4v) is 2.87. The molecule has 3 aromatic rings. The average Bonchev–Trinajstić information content (AvgIpc) is 3.45. The fraction of sp³-hybridized carbons (Fsp3) is 0.400. The molecular formula is C20H23N5O3S. The third-order valence-corrected chi connectivity index (χ3v) is 4.67. The molecule has 29 heavy (non-hydrogen) atoms. The molecule has 0 bridgehead atoms. The van der Waals surface area contributed by atoms with Crippen molar-refractivity contribution in [3.8, 4) is 11.5 Å². The predicted octanol–water partition coefficient (Wildman–Crippen LogP) is 3.49. The molecule has 8 nitrogen and oxygen atoms in total. The zero-order valence-corrected chi connectivity index (χ0v) is 17.0. The molecule has 9 heteroatoms. The lowest BCUT2D eigenvalue weighted by Gasteiger charge is -2.09. The number of nitrogens with zero attached hydrogens (tertiary/aromatic N) is 3. The van der Waals surface area contributed by atoms with E-state index in [1.165, 1.54) is 12.8 Å². The number of hydrogen-bond donors (Lipinski definition) is 2. The van der Waals surface area contributed by atoms with Crippen molar-refractivity contribution >= 4 is 34.3 Å². The van der Waals surface area contributed by atoms with Crippen LogP contribution in [0.3, 0.4) is 0 Å². The van der Waals surface area contributed by atoms with Gasteiger partial charge in [0.15, 0.2) is 16.5 Å². The van der Waals surface area contributed by atoms with E-state index >= 15 is 0 Å². The number of hydrogen-bond acceptors (Lipinski definition) is 7. The summed E-state index contributed by atoms with van der Waals surface area (Å²) < 4.78 is 16.3. The predicted molar refractivity (Wildman–Crippen MR) is 113 cm³/mol. The van der Waals surface area contributed by atoms with E-state index in [1.54, 1.807) is 6.20 Å². The van der Waals surface area contributed by atoms with Crippen LogP contribution in [0.5, 0.6) is 0 Å². The van der Waals surface area contributed by atoms with Gasteiger partial charge in [0.1, 0.15) is 36.2 Å². The molecule has 1 fully saturated rings. The van der Waals surface area contributed by atoms with Gasteiger partial charge in [-0.15, -0.1) is 0 Å². The molecule has 3 aromatic heterocycles. The zero-order valence-electron chi connectivity index (χ0n) is 16.2. The molecule has 4 rings (SSSR count). The van der Waals surface area contributed by atoms with Gasteiger partial charge in [-0.25, -0.2) is 9.97 Å². The van der Waals surface area contributed by atoms with Gasteiger partial charge >= 0.3 is 0 Å². The van der Waals surface area contributed by atoms with Gasteiger partial charge in [-0.2, -0.15) is 0 Å². The number of pyridine rings is 1. The topological polar surface area (TPSA) is 94.3 Å². The summed E-state index contributed by atoms with van der Waals surface area (Å²) in [7, 11) is 0. The largest absolute Gasteiger partial charge is 0.457 e. The lowest BCUT2D eigenvalue weighted by atomic mass is 10.3. The van der Waals surface area contributed by atoms with E-state index in [9.17, 15) is 0 Å². The maximum Gasteiger partial charge on any atom is 0.180 e. The Kier molecular flexibility index (Phi) is 6.28. The van der Waals surface area contributed by atoms with E-state index in [2.05, 4.69) is 25.6 Å². The van der Waals surface area contributed by atoms with Crippen molar-refractivity contribution in [1.29, 1.82) is 0 Å². The highest BCUT2D eigenvalue weighted by atomic mass is 32.1. The van der Waals surface area contributed by atoms with E-state index < -0.39 is 0 Å². The Hall–Kier alpha value is -2.62. The second-order valence-corrected chi connectivity index (χ2v) is 7.21. The van der Waals surface area contributed by atoms with E-state index in [-0.39, 0.29) is 6.79 Å². The van der Waals surface area contributed by atoms with Crippen molar-refractivity contribution in [2.75, 3.05) is 25.3 Å². The Morgan fingerprint density at radius 2 is 2.10 bits per heavy atom. The van der Waals surface area contributed by atoms with Crippen LogP contribution < -0.4 is 10.6 Å². The van der Waals surface area contributed by atoms with Crippen LogP contribution in [0.2, 0.25) is 0 Å². The second kappa shape index (κ2) is 9.25. The third-order valence-electron chi connectivity index (χ3n) is 4.43. The van der Waals surface area contributed by atoms with Crippen LogP contribution in [0, 0.1) is 5.92 Å². The van der Waals surface area contributed by atoms with E-state index in [1.807, 2.05) is 31.2 Å². The van der Waals surface area contributed by atoms with E-state index in [4.69, 9.17) is 26.1 Å². The van der Waals surface area contributed by atoms with Gasteiger partial charge in [0.2, 0.25) is 0 Å². The Labute approximate surface area is 174 Å². The number of anilines is 1. The SMILES string of the molecule is CCOCOCc1ccc(-c2cnc3ccc(NC(=S)NCC4CC4)nc3n2)o1. The van der Waals surface area contributed by atoms with Crippen LogP contribution >= 0.6 is 12.2 Å². The summed E-state index contributed by atoms with van der Waals surface area (Å²) in [4.78, 5) is 13.5. The zero-order chi connectivity index (χ0) is 20.1. The molecule has 0 atom stereocenters. The summed E-state index contributed by atoms with van der Waals surface area (Å²) in [5.74, 6) is 2.67. The number of thiocarbonyl (C=S) groups is 1. The summed E-state index contributed by atoms with van der Waals surface area (Å²) >= 11 is 5.33. The lowest BCUT2D eigenvalue weighted by molar-refractivity contribution is -0.0613. The fourth-order valence-electron chi connectivity index (χ4n) is 2.68. The molecule has 2 N–H and O–H groups in total. The highest BCUT2D eigenvalue weighted by Crippen LogP contribution is 2.27. The summed E-state index contributed by atoms with van der Waals surface area (Å²) in [6.45, 7) is 4.00. The Bertz CT molecular complexity index is 989. The van der Waals surface area contributed by atoms with Gasteiger partial charge in [0, 0.05) is 13.2 Å². The van der Waals surface area contributed by atoms with Crippen LogP contribution in [0.25, 0.3) is 22.6 Å². The Balaban J connectivity index is 1.43. The van der Waals surface area contributed by atoms with Crippen LogP contribution in [-0.4, -0.2) is 40.0 Å². The molecule has 0 saturated heterocycles. The van der Waals surface area contributed by atoms with Crippen molar-refractivity contribution in [2.45, 2.75) is 26.4 Å². The van der Waals surface area contributed by atoms with Gasteiger partial charge in [0.25, 0.3) is 0 Å². The van der Waals surface area contributed by atoms with Crippen LogP contribution in [0.15, 0.2) is 34.9 Å². The molecule has 1 saturated carbocycles. The van der Waals surface area contributed by atoms with E-state index in [0.717, 1.165) is 12.5 Å². The summed E-state index contributed by atoms with van der Waals surface area (Å²) in [5.41, 5.74) is 1.82. The molecule has 0 unspecified atom stereocenters. The van der Waals surface area contributed by atoms with Crippen molar-refractivity contribution in [2.24, 2.45) is 5.92 Å². The van der Waals surface area contributed by atoms with Crippen LogP contribution in [0.1, 0.15) is 25.5 Å². The highest BCUT2D eigenvalue weighted by molar-refractivity contribution is 7.80. The third kappa shape index (κ3) is 5.47. The van der Waals surface area contributed by atoms with E-state index in [0.29, 0.717) is 52.5 Å². The minimum absolute atomic E-state index is 0.236. The quantitative estimate of drug-likeness (QED) is 0.310. The standard InChI is InChI=1S/C20H23N5O3S/c1-2-26-12-27-11-14-5-7-17(28-14)16-10-21-15-6-8-18(24-19(15)23-16)25-20(29)22-9-13-3-4-13/h5-8,10,13H,2-4,9,11-12H2,1H3,(H2,22,23,24,25,29). The molecule has 0 amide bonds. The summed E-state index contributed by atoms with van der Waals surface area (Å²) in [6, 6.07) is 7.39. The second-order valence-electron chi connectivity index (χ2n) is 6.80. The Morgan fingerprint density at radius 1 is 1.21 bits per heavy atom. The maximum atomic E-state index is 5.80. The number of ether oxygens (including phenoxy) is 2. The van der Waals surface area contributed by atoms with Crippen molar-refractivity contribution in [1.82, 2.24) is 20.3 Å². The van der Waals surface area contributed by atoms with Gasteiger partial charge < -0.3 is 24.5 Å². The van der Waals surface area contributed by atoms with Crippen molar-refractivity contribution < 1.29 is 13.9 Å². The number of furan rings is 1. The van der Waals surface area contributed by atoms with Gasteiger partial charge in [-0.05, 0) is 62.2 Å². The monoisotopic (exact) mass is 413 g/mol. The molecule has 0 aliphatic heterocycles. The smallest absolute Gasteiger partial charge is 0.180 e. The first-order valence-corrected chi connectivity index (χ1v) is 10.1. The first-order valence-electron chi connectivity index (χ1n) is 9.64. The minimum atomic E-state index is 0.236. The number of rotatable bonds is 9.